The molecule has 27 heavy (non-hydrogen) atoms. The molecule has 1 aromatic carbocycles. The minimum atomic E-state index is -0.0480. The number of ether oxygens (including phenoxy) is 1. The smallest absolute Gasteiger partial charge is 0.251 e. The summed E-state index contributed by atoms with van der Waals surface area (Å²) in [5, 5.41) is 9.16. The molecule has 0 bridgehead atoms. The van der Waals surface area contributed by atoms with Gasteiger partial charge in [0.1, 0.15) is 0 Å². The first kappa shape index (κ1) is 19.8. The van der Waals surface area contributed by atoms with Gasteiger partial charge in [-0.1, -0.05) is 12.1 Å². The topological polar surface area (TPSA) is 82.7 Å². The first-order valence-corrected chi connectivity index (χ1v) is 9.88. The van der Waals surface area contributed by atoms with E-state index >= 15 is 0 Å². The van der Waals surface area contributed by atoms with Gasteiger partial charge >= 0.3 is 0 Å². The highest BCUT2D eigenvalue weighted by atomic mass is 16.5. The molecule has 0 saturated carbocycles. The quantitative estimate of drug-likeness (QED) is 0.618. The van der Waals surface area contributed by atoms with E-state index in [4.69, 9.17) is 4.74 Å². The fourth-order valence-electron chi connectivity index (χ4n) is 3.46. The minimum Gasteiger partial charge on any atom is -0.378 e. The Hall–Kier alpha value is -1.96. The summed E-state index contributed by atoms with van der Waals surface area (Å²) < 4.78 is 5.36. The molecule has 2 heterocycles. The molecule has 3 N–H and O–H groups in total. The number of nitrogens with one attached hydrogen (secondary N) is 3. The molecule has 7 nitrogen and oxygen atoms in total. The van der Waals surface area contributed by atoms with Crippen LogP contribution in [0.1, 0.15) is 35.2 Å². The van der Waals surface area contributed by atoms with Gasteiger partial charge in [-0.05, 0) is 43.6 Å². The van der Waals surface area contributed by atoms with Crippen molar-refractivity contribution in [3.8, 4) is 0 Å². The Kier molecular flexibility index (Phi) is 7.62. The molecule has 0 aliphatic carbocycles. The summed E-state index contributed by atoms with van der Waals surface area (Å²) in [5.41, 5.74) is 1.62. The summed E-state index contributed by atoms with van der Waals surface area (Å²) in [6.45, 7) is 6.40. The minimum absolute atomic E-state index is 0.00160. The van der Waals surface area contributed by atoms with Crippen molar-refractivity contribution in [1.82, 2.24) is 20.9 Å². The van der Waals surface area contributed by atoms with E-state index in [-0.39, 0.29) is 17.9 Å². The van der Waals surface area contributed by atoms with Crippen LogP contribution in [-0.2, 0) is 16.1 Å². The Morgan fingerprint density at radius 3 is 2.63 bits per heavy atom. The van der Waals surface area contributed by atoms with Crippen LogP contribution in [0.25, 0.3) is 0 Å². The van der Waals surface area contributed by atoms with Crippen LogP contribution in [0.3, 0.4) is 0 Å². The van der Waals surface area contributed by atoms with Crippen LogP contribution in [0, 0.1) is 0 Å². The summed E-state index contributed by atoms with van der Waals surface area (Å²) in [4.78, 5) is 26.6. The highest BCUT2D eigenvalue weighted by molar-refractivity contribution is 5.94. The molecule has 1 atom stereocenters. The van der Waals surface area contributed by atoms with Crippen LogP contribution in [0.4, 0.5) is 0 Å². The number of hydrogen-bond donors (Lipinski definition) is 3. The van der Waals surface area contributed by atoms with Gasteiger partial charge in [-0.2, -0.15) is 0 Å². The highest BCUT2D eigenvalue weighted by Gasteiger charge is 2.16. The van der Waals surface area contributed by atoms with Crippen molar-refractivity contribution in [2.75, 3.05) is 45.9 Å². The Labute approximate surface area is 160 Å². The maximum atomic E-state index is 12.2. The standard InChI is InChI=1S/C20H30N4O3/c25-19(13-18-15-27-12-8-21-18)23-14-16-3-5-17(6-4-16)20(26)22-7-11-24-9-1-2-10-24/h3-6,18,21H,1-2,7-15H2,(H,22,26)(H,23,25). The molecule has 148 valence electrons. The molecule has 0 aromatic heterocycles. The van der Waals surface area contributed by atoms with Crippen LogP contribution in [0.5, 0.6) is 0 Å². The number of carbonyl (C=O) groups is 2. The maximum Gasteiger partial charge on any atom is 0.251 e. The highest BCUT2D eigenvalue weighted by Crippen LogP contribution is 2.07. The zero-order valence-electron chi connectivity index (χ0n) is 15.8. The number of benzene rings is 1. The number of nitrogens with zero attached hydrogens (tertiary/aromatic N) is 1. The normalized spacial score (nSPS) is 20.4. The lowest BCUT2D eigenvalue weighted by molar-refractivity contribution is -0.122. The molecule has 2 aliphatic rings. The summed E-state index contributed by atoms with van der Waals surface area (Å²) in [7, 11) is 0. The molecule has 0 spiro atoms. The molecule has 1 unspecified atom stereocenters. The third kappa shape index (κ3) is 6.61. The molecule has 2 saturated heterocycles. The van der Waals surface area contributed by atoms with E-state index in [9.17, 15) is 9.59 Å². The molecular weight excluding hydrogens is 344 g/mol. The number of hydrogen-bond acceptors (Lipinski definition) is 5. The van der Waals surface area contributed by atoms with Crippen molar-refractivity contribution in [3.05, 3.63) is 35.4 Å². The lowest BCUT2D eigenvalue weighted by Crippen LogP contribution is -2.44. The van der Waals surface area contributed by atoms with Crippen molar-refractivity contribution in [2.45, 2.75) is 31.8 Å². The predicted molar refractivity (Wildman–Crippen MR) is 104 cm³/mol. The summed E-state index contributed by atoms with van der Waals surface area (Å²) in [6.07, 6.45) is 2.94. The Balaban J connectivity index is 1.36. The number of carbonyl (C=O) groups excluding carboxylic acids is 2. The summed E-state index contributed by atoms with van der Waals surface area (Å²) in [5.74, 6) is -0.0464. The van der Waals surface area contributed by atoms with Crippen molar-refractivity contribution in [2.24, 2.45) is 0 Å². The lowest BCUT2D eigenvalue weighted by atomic mass is 10.1. The maximum absolute atomic E-state index is 12.2. The molecular formula is C20H30N4O3. The van der Waals surface area contributed by atoms with Gasteiger partial charge in [0.15, 0.2) is 0 Å². The Morgan fingerprint density at radius 2 is 1.93 bits per heavy atom. The second-order valence-corrected chi connectivity index (χ2v) is 7.21. The third-order valence-corrected chi connectivity index (χ3v) is 5.05. The SMILES string of the molecule is O=C(CC1COCCN1)NCc1ccc(C(=O)NCCN2CCCC2)cc1. The number of likely N-dealkylation sites (tertiary alicyclic amines) is 1. The van der Waals surface area contributed by atoms with E-state index in [0.29, 0.717) is 38.3 Å². The third-order valence-electron chi connectivity index (χ3n) is 5.05. The average Bonchev–Trinajstić information content (AvgIpc) is 3.21. The van der Waals surface area contributed by atoms with E-state index in [1.54, 1.807) is 0 Å². The van der Waals surface area contributed by atoms with Gasteiger partial charge in [0, 0.05) is 44.2 Å². The lowest BCUT2D eigenvalue weighted by Gasteiger charge is -2.23. The molecule has 2 fully saturated rings. The zero-order valence-corrected chi connectivity index (χ0v) is 15.8. The van der Waals surface area contributed by atoms with Gasteiger partial charge in [-0.25, -0.2) is 0 Å². The van der Waals surface area contributed by atoms with Gasteiger partial charge in [0.25, 0.3) is 5.91 Å². The number of morpholine rings is 1. The molecule has 2 aliphatic heterocycles. The zero-order chi connectivity index (χ0) is 18.9. The molecule has 1 aromatic rings. The van der Waals surface area contributed by atoms with E-state index in [2.05, 4.69) is 20.9 Å². The van der Waals surface area contributed by atoms with Crippen LogP contribution >= 0.6 is 0 Å². The van der Waals surface area contributed by atoms with Crippen LogP contribution in [0.15, 0.2) is 24.3 Å². The fraction of sp³-hybridized carbons (Fsp3) is 0.600. The number of rotatable bonds is 8. The fourth-order valence-corrected chi connectivity index (χ4v) is 3.46. The first-order valence-electron chi connectivity index (χ1n) is 9.88. The number of amides is 2. The monoisotopic (exact) mass is 374 g/mol. The summed E-state index contributed by atoms with van der Waals surface area (Å²) >= 11 is 0. The largest absolute Gasteiger partial charge is 0.378 e. The Morgan fingerprint density at radius 1 is 1.15 bits per heavy atom. The molecule has 7 heteroatoms. The van der Waals surface area contributed by atoms with Crippen molar-refractivity contribution >= 4 is 11.8 Å². The first-order chi connectivity index (χ1) is 13.2. The van der Waals surface area contributed by atoms with E-state index in [1.165, 1.54) is 12.8 Å². The molecule has 3 rings (SSSR count). The van der Waals surface area contributed by atoms with Gasteiger partial charge in [-0.15, -0.1) is 0 Å². The van der Waals surface area contributed by atoms with E-state index in [0.717, 1.165) is 31.7 Å². The Bertz CT molecular complexity index is 608. The van der Waals surface area contributed by atoms with E-state index < -0.39 is 0 Å². The van der Waals surface area contributed by atoms with Gasteiger partial charge in [0.2, 0.25) is 5.91 Å². The van der Waals surface area contributed by atoms with Gasteiger partial charge in [-0.3, -0.25) is 9.59 Å². The van der Waals surface area contributed by atoms with Crippen LogP contribution in [0.2, 0.25) is 0 Å². The van der Waals surface area contributed by atoms with Crippen LogP contribution < -0.4 is 16.0 Å². The predicted octanol–water partition coefficient (Wildman–Crippen LogP) is 0.507. The van der Waals surface area contributed by atoms with Crippen molar-refractivity contribution in [1.29, 1.82) is 0 Å². The molecule has 2 amide bonds. The van der Waals surface area contributed by atoms with Gasteiger partial charge < -0.3 is 25.6 Å². The van der Waals surface area contributed by atoms with Crippen molar-refractivity contribution in [3.63, 3.8) is 0 Å². The molecule has 0 radical (unpaired) electrons. The van der Waals surface area contributed by atoms with Gasteiger partial charge in [0.05, 0.1) is 13.2 Å². The summed E-state index contributed by atoms with van der Waals surface area (Å²) in [6, 6.07) is 7.48. The second-order valence-electron chi connectivity index (χ2n) is 7.21. The van der Waals surface area contributed by atoms with E-state index in [1.807, 2.05) is 24.3 Å². The van der Waals surface area contributed by atoms with Crippen molar-refractivity contribution < 1.29 is 14.3 Å². The van der Waals surface area contributed by atoms with Crippen LogP contribution in [-0.4, -0.2) is 68.7 Å². The average molecular weight is 374 g/mol. The second kappa shape index (κ2) is 10.4.